The van der Waals surface area contributed by atoms with Gasteiger partial charge >= 0.3 is 0 Å². The molecule has 0 amide bonds. The lowest BCUT2D eigenvalue weighted by Crippen LogP contribution is -2.37. The van der Waals surface area contributed by atoms with E-state index >= 15 is 0 Å². The number of rotatable bonds is 7. The van der Waals surface area contributed by atoms with E-state index in [2.05, 4.69) is 12.2 Å². The van der Waals surface area contributed by atoms with Crippen LogP contribution in [0.5, 0.6) is 0 Å². The molecule has 1 aromatic carbocycles. The van der Waals surface area contributed by atoms with Gasteiger partial charge < -0.3 is 10.1 Å². The maximum Gasteiger partial charge on any atom is 0.162 e. The zero-order chi connectivity index (χ0) is 15.1. The molecular formula is C17H25F2NO. The maximum absolute atomic E-state index is 13.8. The van der Waals surface area contributed by atoms with Gasteiger partial charge in [0, 0.05) is 12.6 Å². The fourth-order valence-electron chi connectivity index (χ4n) is 2.87. The molecule has 1 N–H and O–H groups in total. The first kappa shape index (κ1) is 16.4. The minimum atomic E-state index is -0.768. The summed E-state index contributed by atoms with van der Waals surface area (Å²) in [7, 11) is 0. The molecule has 1 aliphatic rings. The second-order valence-corrected chi connectivity index (χ2v) is 5.79. The summed E-state index contributed by atoms with van der Waals surface area (Å²) in [5.74, 6) is -1.49. The fourth-order valence-corrected chi connectivity index (χ4v) is 2.87. The number of benzene rings is 1. The summed E-state index contributed by atoms with van der Waals surface area (Å²) in [6.45, 7) is 3.80. The molecule has 1 aliphatic heterocycles. The van der Waals surface area contributed by atoms with Crippen molar-refractivity contribution in [2.45, 2.75) is 57.6 Å². The van der Waals surface area contributed by atoms with Gasteiger partial charge in [-0.25, -0.2) is 8.78 Å². The fraction of sp³-hybridized carbons (Fsp3) is 0.647. The molecule has 2 atom stereocenters. The molecule has 1 saturated heterocycles. The number of hydrogen-bond acceptors (Lipinski definition) is 2. The molecule has 1 heterocycles. The Morgan fingerprint density at radius 3 is 2.90 bits per heavy atom. The van der Waals surface area contributed by atoms with E-state index in [-0.39, 0.29) is 12.1 Å². The Morgan fingerprint density at radius 1 is 1.33 bits per heavy atom. The molecule has 1 fully saturated rings. The van der Waals surface area contributed by atoms with Gasteiger partial charge in [0.15, 0.2) is 11.6 Å². The minimum absolute atomic E-state index is 0.129. The monoisotopic (exact) mass is 297 g/mol. The van der Waals surface area contributed by atoms with E-state index in [9.17, 15) is 8.78 Å². The summed E-state index contributed by atoms with van der Waals surface area (Å²) >= 11 is 0. The molecule has 0 spiro atoms. The van der Waals surface area contributed by atoms with Crippen molar-refractivity contribution in [2.75, 3.05) is 13.2 Å². The van der Waals surface area contributed by atoms with Crippen molar-refractivity contribution in [3.05, 3.63) is 35.4 Å². The predicted octanol–water partition coefficient (Wildman–Crippen LogP) is 3.83. The second-order valence-electron chi connectivity index (χ2n) is 5.79. The summed E-state index contributed by atoms with van der Waals surface area (Å²) in [5.41, 5.74) is 0.444. The minimum Gasteiger partial charge on any atom is -0.378 e. The van der Waals surface area contributed by atoms with Crippen LogP contribution in [0.4, 0.5) is 8.78 Å². The maximum atomic E-state index is 13.8. The first-order valence-electron chi connectivity index (χ1n) is 7.98. The number of hydrogen-bond donors (Lipinski definition) is 1. The molecule has 2 nitrogen and oxygen atoms in total. The van der Waals surface area contributed by atoms with Crippen LogP contribution in [-0.4, -0.2) is 25.3 Å². The van der Waals surface area contributed by atoms with Crippen molar-refractivity contribution in [1.29, 1.82) is 0 Å². The molecular weight excluding hydrogens is 272 g/mol. The highest BCUT2D eigenvalue weighted by atomic mass is 19.2. The van der Waals surface area contributed by atoms with Gasteiger partial charge in [-0.1, -0.05) is 19.1 Å². The molecule has 4 heteroatoms. The van der Waals surface area contributed by atoms with Gasteiger partial charge in [0.25, 0.3) is 0 Å². The smallest absolute Gasteiger partial charge is 0.162 e. The van der Waals surface area contributed by atoms with E-state index in [1.54, 1.807) is 12.1 Å². The van der Waals surface area contributed by atoms with E-state index in [0.29, 0.717) is 12.0 Å². The largest absolute Gasteiger partial charge is 0.378 e. The van der Waals surface area contributed by atoms with Crippen molar-refractivity contribution in [1.82, 2.24) is 5.32 Å². The molecule has 0 radical (unpaired) electrons. The van der Waals surface area contributed by atoms with Gasteiger partial charge in [0.2, 0.25) is 0 Å². The van der Waals surface area contributed by atoms with Gasteiger partial charge in [-0.15, -0.1) is 0 Å². The molecule has 0 aliphatic carbocycles. The van der Waals surface area contributed by atoms with Crippen molar-refractivity contribution >= 4 is 0 Å². The van der Waals surface area contributed by atoms with E-state index in [0.717, 1.165) is 44.9 Å². The van der Waals surface area contributed by atoms with Gasteiger partial charge in [-0.05, 0) is 56.7 Å². The summed E-state index contributed by atoms with van der Waals surface area (Å²) in [6, 6.07) is 4.53. The highest BCUT2D eigenvalue weighted by Gasteiger charge is 2.21. The average Bonchev–Trinajstić information content (AvgIpc) is 2.50. The normalized spacial score (nSPS) is 20.4. The van der Waals surface area contributed by atoms with Gasteiger partial charge in [-0.3, -0.25) is 0 Å². The molecule has 21 heavy (non-hydrogen) atoms. The van der Waals surface area contributed by atoms with Crippen LogP contribution >= 0.6 is 0 Å². The van der Waals surface area contributed by atoms with Crippen LogP contribution in [0.15, 0.2) is 18.2 Å². The zero-order valence-electron chi connectivity index (χ0n) is 12.7. The molecule has 2 unspecified atom stereocenters. The average molecular weight is 297 g/mol. The van der Waals surface area contributed by atoms with Crippen LogP contribution in [0.2, 0.25) is 0 Å². The third-order valence-corrected chi connectivity index (χ3v) is 4.00. The summed E-state index contributed by atoms with van der Waals surface area (Å²) in [4.78, 5) is 0. The number of halogens is 2. The van der Waals surface area contributed by atoms with Gasteiger partial charge in [0.05, 0.1) is 6.10 Å². The van der Waals surface area contributed by atoms with Crippen LogP contribution in [0, 0.1) is 11.6 Å². The van der Waals surface area contributed by atoms with E-state index in [1.165, 1.54) is 6.42 Å². The SMILES string of the molecule is CCCNC(Cc1cccc(F)c1F)CC1CCCCO1. The number of nitrogens with one attached hydrogen (secondary N) is 1. The molecule has 2 rings (SSSR count). The lowest BCUT2D eigenvalue weighted by molar-refractivity contribution is 0.00521. The van der Waals surface area contributed by atoms with Gasteiger partial charge in [-0.2, -0.15) is 0 Å². The van der Waals surface area contributed by atoms with E-state index in [1.807, 2.05) is 0 Å². The topological polar surface area (TPSA) is 21.3 Å². The Labute approximate surface area is 125 Å². The summed E-state index contributed by atoms with van der Waals surface area (Å²) in [5, 5.41) is 3.44. The Bertz CT molecular complexity index is 433. The Morgan fingerprint density at radius 2 is 2.19 bits per heavy atom. The summed E-state index contributed by atoms with van der Waals surface area (Å²) in [6.07, 6.45) is 6.01. The first-order chi connectivity index (χ1) is 10.2. The first-order valence-corrected chi connectivity index (χ1v) is 7.98. The predicted molar refractivity (Wildman–Crippen MR) is 80.4 cm³/mol. The molecule has 0 aromatic heterocycles. The van der Waals surface area contributed by atoms with Crippen LogP contribution in [0.25, 0.3) is 0 Å². The highest BCUT2D eigenvalue weighted by Crippen LogP contribution is 2.20. The molecule has 1 aromatic rings. The molecule has 118 valence electrons. The van der Waals surface area contributed by atoms with Crippen LogP contribution in [0.3, 0.4) is 0 Å². The third kappa shape index (κ3) is 5.04. The zero-order valence-corrected chi connectivity index (χ0v) is 12.7. The lowest BCUT2D eigenvalue weighted by Gasteiger charge is -2.28. The van der Waals surface area contributed by atoms with Crippen molar-refractivity contribution in [3.63, 3.8) is 0 Å². The van der Waals surface area contributed by atoms with E-state index < -0.39 is 11.6 Å². The lowest BCUT2D eigenvalue weighted by atomic mass is 9.96. The molecule has 0 saturated carbocycles. The Kier molecular flexibility index (Phi) is 6.58. The van der Waals surface area contributed by atoms with Crippen LogP contribution < -0.4 is 5.32 Å². The quantitative estimate of drug-likeness (QED) is 0.826. The standard InChI is InChI=1S/C17H25F2NO/c1-2-9-20-14(12-15-7-3-4-10-21-15)11-13-6-5-8-16(18)17(13)19/h5-6,8,14-15,20H,2-4,7,9-12H2,1H3. The van der Waals surface area contributed by atoms with E-state index in [4.69, 9.17) is 4.74 Å². The highest BCUT2D eigenvalue weighted by molar-refractivity contribution is 5.20. The number of ether oxygens (including phenoxy) is 1. The van der Waals surface area contributed by atoms with Crippen molar-refractivity contribution in [3.8, 4) is 0 Å². The van der Waals surface area contributed by atoms with Crippen molar-refractivity contribution in [2.24, 2.45) is 0 Å². The Balaban J connectivity index is 1.99. The second kappa shape index (κ2) is 8.44. The van der Waals surface area contributed by atoms with Crippen molar-refractivity contribution < 1.29 is 13.5 Å². The summed E-state index contributed by atoms with van der Waals surface area (Å²) < 4.78 is 32.9. The molecule has 0 bridgehead atoms. The van der Waals surface area contributed by atoms with Gasteiger partial charge in [0.1, 0.15) is 0 Å². The van der Waals surface area contributed by atoms with Crippen LogP contribution in [-0.2, 0) is 11.2 Å². The Hall–Kier alpha value is -1.00. The third-order valence-electron chi connectivity index (χ3n) is 4.00. The van der Waals surface area contributed by atoms with Crippen LogP contribution in [0.1, 0.15) is 44.6 Å².